The van der Waals surface area contributed by atoms with Crippen molar-refractivity contribution in [2.75, 3.05) is 5.32 Å². The van der Waals surface area contributed by atoms with Crippen molar-refractivity contribution in [2.24, 2.45) is 11.5 Å². The lowest BCUT2D eigenvalue weighted by Gasteiger charge is -2.01. The summed E-state index contributed by atoms with van der Waals surface area (Å²) in [6.45, 7) is 0. The summed E-state index contributed by atoms with van der Waals surface area (Å²) in [5.74, 6) is -2.42. The molecule has 1 aromatic carbocycles. The van der Waals surface area contributed by atoms with Crippen LogP contribution in [0.3, 0.4) is 0 Å². The number of H-pyrrole nitrogens is 1. The van der Waals surface area contributed by atoms with Gasteiger partial charge in [-0.05, 0) is 18.2 Å². The van der Waals surface area contributed by atoms with E-state index in [4.69, 9.17) is 11.5 Å². The van der Waals surface area contributed by atoms with Crippen LogP contribution in [-0.2, 0) is 0 Å². The van der Waals surface area contributed by atoms with Gasteiger partial charge in [0.05, 0.1) is 5.56 Å². The molecule has 6 nitrogen and oxygen atoms in total. The Morgan fingerprint density at radius 2 is 1.65 bits per heavy atom. The van der Waals surface area contributed by atoms with Gasteiger partial charge in [0.2, 0.25) is 0 Å². The minimum Gasteiger partial charge on any atom is -0.365 e. The average Bonchev–Trinajstić information content (AvgIpc) is 2.70. The number of amides is 3. The van der Waals surface area contributed by atoms with Gasteiger partial charge in [-0.2, -0.15) is 0 Å². The van der Waals surface area contributed by atoms with E-state index in [1.54, 1.807) is 0 Å². The zero-order valence-corrected chi connectivity index (χ0v) is 10.0. The summed E-state index contributed by atoms with van der Waals surface area (Å²) in [6.07, 6.45) is 0. The summed E-state index contributed by atoms with van der Waals surface area (Å²) in [4.78, 5) is 24.7. The van der Waals surface area contributed by atoms with Gasteiger partial charge >= 0.3 is 6.03 Å². The number of aromatic nitrogens is 1. The number of rotatable bonds is 3. The number of benzene rings is 1. The monoisotopic (exact) mass is 280 g/mol. The molecule has 104 valence electrons. The molecule has 0 saturated heterocycles. The van der Waals surface area contributed by atoms with E-state index in [9.17, 15) is 18.4 Å². The Morgan fingerprint density at radius 3 is 2.15 bits per heavy atom. The maximum absolute atomic E-state index is 13.2. The number of urea groups is 1. The Balaban J connectivity index is 2.52. The van der Waals surface area contributed by atoms with Crippen LogP contribution >= 0.6 is 0 Å². The fraction of sp³-hybridized carbons (Fsp3) is 0. The van der Waals surface area contributed by atoms with Crippen molar-refractivity contribution in [1.82, 2.24) is 4.98 Å². The largest absolute Gasteiger partial charge is 0.365 e. The molecule has 0 spiro atoms. The van der Waals surface area contributed by atoms with Crippen LogP contribution in [0.2, 0.25) is 0 Å². The third-order valence-electron chi connectivity index (χ3n) is 2.50. The molecule has 6 N–H and O–H groups in total. The second kappa shape index (κ2) is 5.00. The van der Waals surface area contributed by atoms with Gasteiger partial charge in [-0.1, -0.05) is 0 Å². The van der Waals surface area contributed by atoms with Gasteiger partial charge in [-0.3, -0.25) is 10.1 Å². The lowest BCUT2D eigenvalue weighted by Crippen LogP contribution is -2.22. The van der Waals surface area contributed by atoms with Crippen molar-refractivity contribution in [2.45, 2.75) is 0 Å². The van der Waals surface area contributed by atoms with Crippen LogP contribution in [-0.4, -0.2) is 16.9 Å². The van der Waals surface area contributed by atoms with E-state index in [0.717, 1.165) is 12.1 Å². The average molecular weight is 280 g/mol. The molecule has 20 heavy (non-hydrogen) atoms. The summed E-state index contributed by atoms with van der Waals surface area (Å²) < 4.78 is 26.3. The number of nitrogens with two attached hydrogens (primary N) is 2. The van der Waals surface area contributed by atoms with E-state index >= 15 is 0 Å². The Hall–Kier alpha value is -2.90. The molecule has 8 heteroatoms. The van der Waals surface area contributed by atoms with Crippen molar-refractivity contribution in [1.29, 1.82) is 0 Å². The van der Waals surface area contributed by atoms with Gasteiger partial charge < -0.3 is 16.5 Å². The Labute approximate surface area is 111 Å². The highest BCUT2D eigenvalue weighted by atomic mass is 19.1. The maximum Gasteiger partial charge on any atom is 0.317 e. The molecule has 0 unspecified atom stereocenters. The molecule has 2 aromatic rings. The van der Waals surface area contributed by atoms with Gasteiger partial charge in [0, 0.05) is 17.3 Å². The van der Waals surface area contributed by atoms with Crippen molar-refractivity contribution in [3.05, 3.63) is 41.5 Å². The molecule has 3 amide bonds. The van der Waals surface area contributed by atoms with Gasteiger partial charge in [-0.25, -0.2) is 13.6 Å². The van der Waals surface area contributed by atoms with E-state index in [1.807, 2.05) is 0 Å². The van der Waals surface area contributed by atoms with Crippen LogP contribution in [0.5, 0.6) is 0 Å². The predicted octanol–water partition coefficient (Wildman–Crippen LogP) is 1.55. The van der Waals surface area contributed by atoms with Crippen molar-refractivity contribution >= 4 is 17.8 Å². The summed E-state index contributed by atoms with van der Waals surface area (Å²) >= 11 is 0. The Kier molecular flexibility index (Phi) is 3.38. The number of nitrogens with one attached hydrogen (secondary N) is 2. The van der Waals surface area contributed by atoms with Crippen molar-refractivity contribution in [3.63, 3.8) is 0 Å². The van der Waals surface area contributed by atoms with Crippen molar-refractivity contribution < 1.29 is 18.4 Å². The zero-order chi connectivity index (χ0) is 14.9. The minimum atomic E-state index is -0.911. The second-order valence-electron chi connectivity index (χ2n) is 3.98. The second-order valence-corrected chi connectivity index (χ2v) is 3.98. The number of hydrogen-bond acceptors (Lipinski definition) is 2. The molecule has 0 aliphatic rings. The van der Waals surface area contributed by atoms with E-state index in [1.165, 1.54) is 6.07 Å². The molecule has 0 saturated carbocycles. The first kappa shape index (κ1) is 13.5. The summed E-state index contributed by atoms with van der Waals surface area (Å²) in [7, 11) is 0. The lowest BCUT2D eigenvalue weighted by molar-refractivity contribution is 0.100. The highest BCUT2D eigenvalue weighted by Crippen LogP contribution is 2.26. The lowest BCUT2D eigenvalue weighted by atomic mass is 10.1. The third kappa shape index (κ3) is 2.74. The minimum absolute atomic E-state index is 0.0373. The van der Waals surface area contributed by atoms with Crippen LogP contribution in [0.1, 0.15) is 10.4 Å². The van der Waals surface area contributed by atoms with Gasteiger partial charge in [0.15, 0.2) is 0 Å². The smallest absolute Gasteiger partial charge is 0.317 e. The molecule has 1 heterocycles. The van der Waals surface area contributed by atoms with E-state index in [0.29, 0.717) is 6.07 Å². The fourth-order valence-electron chi connectivity index (χ4n) is 1.74. The number of carbonyl (C=O) groups excluding carboxylic acids is 2. The first-order valence-electron chi connectivity index (χ1n) is 5.42. The molecule has 0 radical (unpaired) electrons. The zero-order valence-electron chi connectivity index (χ0n) is 10.0. The Morgan fingerprint density at radius 1 is 1.05 bits per heavy atom. The van der Waals surface area contributed by atoms with Crippen LogP contribution in [0.25, 0.3) is 11.3 Å². The molecule has 0 bridgehead atoms. The quantitative estimate of drug-likeness (QED) is 0.683. The molecule has 1 aromatic heterocycles. The molecule has 0 atom stereocenters. The predicted molar refractivity (Wildman–Crippen MR) is 67.9 cm³/mol. The summed E-state index contributed by atoms with van der Waals surface area (Å²) in [5.41, 5.74) is 10.4. The molecule has 0 fully saturated rings. The topological polar surface area (TPSA) is 114 Å². The molecular weight excluding hydrogens is 270 g/mol. The van der Waals surface area contributed by atoms with Gasteiger partial charge in [0.1, 0.15) is 17.5 Å². The van der Waals surface area contributed by atoms with Gasteiger partial charge in [-0.15, -0.1) is 0 Å². The number of anilines is 1. The van der Waals surface area contributed by atoms with Crippen LogP contribution in [0, 0.1) is 11.6 Å². The number of aromatic amines is 1. The first-order valence-corrected chi connectivity index (χ1v) is 5.42. The summed E-state index contributed by atoms with van der Waals surface area (Å²) in [6, 6.07) is 3.19. The number of hydrogen-bond donors (Lipinski definition) is 4. The van der Waals surface area contributed by atoms with Crippen LogP contribution in [0.15, 0.2) is 24.3 Å². The van der Waals surface area contributed by atoms with Gasteiger partial charge in [0.25, 0.3) is 5.91 Å². The van der Waals surface area contributed by atoms with Crippen molar-refractivity contribution in [3.8, 4) is 11.3 Å². The van der Waals surface area contributed by atoms with E-state index in [-0.39, 0.29) is 22.6 Å². The molecular formula is C12H10F2N4O2. The Bertz CT molecular complexity index is 677. The number of halogens is 2. The fourth-order valence-corrected chi connectivity index (χ4v) is 1.74. The molecule has 2 rings (SSSR count). The number of primary amides is 2. The highest BCUT2D eigenvalue weighted by molar-refractivity contribution is 6.02. The first-order chi connectivity index (χ1) is 9.36. The molecule has 0 aliphatic heterocycles. The molecule has 0 aliphatic carbocycles. The van der Waals surface area contributed by atoms with E-state index in [2.05, 4.69) is 10.3 Å². The van der Waals surface area contributed by atoms with Crippen LogP contribution in [0.4, 0.5) is 19.4 Å². The normalized spacial score (nSPS) is 10.3. The SMILES string of the molecule is NC(=O)Nc1[nH]c(-c2cc(F)cc(F)c2)cc1C(N)=O. The summed E-state index contributed by atoms with van der Waals surface area (Å²) in [5, 5.41) is 2.17. The number of carbonyl (C=O) groups is 2. The standard InChI is InChI=1S/C12H10F2N4O2/c13-6-1-5(2-7(14)3-6)9-4-8(10(15)19)11(17-9)18-12(16)20/h1-4,17H,(H2,15,19)(H3,16,18,20). The highest BCUT2D eigenvalue weighted by Gasteiger charge is 2.16. The van der Waals surface area contributed by atoms with Crippen LogP contribution < -0.4 is 16.8 Å². The van der Waals surface area contributed by atoms with E-state index < -0.39 is 23.6 Å². The third-order valence-corrected chi connectivity index (χ3v) is 2.50. The maximum atomic E-state index is 13.2.